The van der Waals surface area contributed by atoms with Gasteiger partial charge in [0.1, 0.15) is 11.3 Å². The molecule has 3 aromatic heterocycles. The van der Waals surface area contributed by atoms with E-state index in [1.54, 1.807) is 28.2 Å². The average Bonchev–Trinajstić information content (AvgIpc) is 3.42. The molecule has 1 aliphatic rings. The molecule has 11 nitrogen and oxygen atoms in total. The van der Waals surface area contributed by atoms with Gasteiger partial charge in [0, 0.05) is 30.9 Å². The number of benzene rings is 1. The largest absolute Gasteiger partial charge is 0.444 e. The van der Waals surface area contributed by atoms with Gasteiger partial charge in [-0.2, -0.15) is 0 Å². The van der Waals surface area contributed by atoms with Crippen LogP contribution in [0.4, 0.5) is 26.7 Å². The Morgan fingerprint density at radius 3 is 2.58 bits per heavy atom. The molecule has 4 aromatic rings. The Labute approximate surface area is 227 Å². The van der Waals surface area contributed by atoms with Gasteiger partial charge >= 0.3 is 6.09 Å². The van der Waals surface area contributed by atoms with Crippen molar-refractivity contribution < 1.29 is 19.7 Å². The van der Waals surface area contributed by atoms with Crippen molar-refractivity contribution in [3.05, 3.63) is 46.5 Å². The summed E-state index contributed by atoms with van der Waals surface area (Å²) in [7, 11) is 1.80. The van der Waals surface area contributed by atoms with Crippen LogP contribution in [-0.2, 0) is 4.74 Å². The van der Waals surface area contributed by atoms with Crippen molar-refractivity contribution in [1.82, 2.24) is 25.1 Å². The van der Waals surface area contributed by atoms with E-state index in [2.05, 4.69) is 25.5 Å². The molecule has 200 valence electrons. The van der Waals surface area contributed by atoms with Crippen molar-refractivity contribution in [3.8, 4) is 0 Å². The van der Waals surface area contributed by atoms with Crippen molar-refractivity contribution in [3.63, 3.8) is 0 Å². The first-order chi connectivity index (χ1) is 18.0. The Hall–Kier alpha value is -3.39. The molecule has 1 aliphatic heterocycles. The number of anilines is 4. The van der Waals surface area contributed by atoms with Gasteiger partial charge in [-0.05, 0) is 51.5 Å². The van der Waals surface area contributed by atoms with E-state index in [0.717, 1.165) is 25.8 Å². The van der Waals surface area contributed by atoms with Gasteiger partial charge < -0.3 is 30.1 Å². The van der Waals surface area contributed by atoms with E-state index in [-0.39, 0.29) is 17.7 Å². The van der Waals surface area contributed by atoms with Crippen molar-refractivity contribution in [2.24, 2.45) is 0 Å². The minimum atomic E-state index is -1.73. The second-order valence-electron chi connectivity index (χ2n) is 10.1. The maximum absolute atomic E-state index is 12.3. The zero-order valence-corrected chi connectivity index (χ0v) is 23.3. The van der Waals surface area contributed by atoms with Gasteiger partial charge in [-0.15, -0.1) is 21.5 Å². The molecule has 38 heavy (non-hydrogen) atoms. The lowest BCUT2D eigenvalue weighted by Crippen LogP contribution is -2.50. The number of fused-ring (bicyclic) bond motifs is 1. The summed E-state index contributed by atoms with van der Waals surface area (Å²) in [6.07, 6.45) is -2.11. The van der Waals surface area contributed by atoms with E-state index in [4.69, 9.17) is 4.74 Å². The normalized spacial score (nSPS) is 14.2. The highest BCUT2D eigenvalue weighted by molar-refractivity contribution is 7.22. The van der Waals surface area contributed by atoms with Crippen molar-refractivity contribution in [1.29, 1.82) is 0 Å². The number of para-hydroxylation sites is 1. The first-order valence-corrected chi connectivity index (χ1v) is 13.7. The Morgan fingerprint density at radius 1 is 1.18 bits per heavy atom. The number of nitrogens with one attached hydrogen (secondary N) is 1. The maximum Gasteiger partial charge on any atom is 0.410 e. The first kappa shape index (κ1) is 26.2. The summed E-state index contributed by atoms with van der Waals surface area (Å²) < 4.78 is 6.50. The van der Waals surface area contributed by atoms with Gasteiger partial charge in [0.15, 0.2) is 28.2 Å². The van der Waals surface area contributed by atoms with Gasteiger partial charge in [-0.25, -0.2) is 14.8 Å². The molecule has 0 bridgehead atoms. The van der Waals surface area contributed by atoms with Crippen LogP contribution in [0.3, 0.4) is 0 Å². The molecule has 1 fully saturated rings. The average molecular weight is 556 g/mol. The number of aliphatic hydroxyl groups is 2. The fourth-order valence-electron chi connectivity index (χ4n) is 3.96. The SMILES string of the molecule is Cc1cc(N(C)c2nc(C(O)O)c(C3CN(C(=O)OC(C)(C)C)C3)s2)nnc1Nc1nc2ccccc2s1. The fraction of sp³-hybridized carbons (Fsp3) is 0.400. The summed E-state index contributed by atoms with van der Waals surface area (Å²) >= 11 is 2.88. The lowest BCUT2D eigenvalue weighted by Gasteiger charge is -2.39. The third-order valence-corrected chi connectivity index (χ3v) is 8.20. The summed E-state index contributed by atoms with van der Waals surface area (Å²) in [6.45, 7) is 8.24. The molecule has 1 saturated heterocycles. The summed E-state index contributed by atoms with van der Waals surface area (Å²) in [5.74, 6) is 1.09. The summed E-state index contributed by atoms with van der Waals surface area (Å²) in [4.78, 5) is 25.5. The minimum Gasteiger partial charge on any atom is -0.444 e. The summed E-state index contributed by atoms with van der Waals surface area (Å²) in [6, 6.07) is 9.80. The monoisotopic (exact) mass is 555 g/mol. The van der Waals surface area contributed by atoms with Crippen LogP contribution in [0.1, 0.15) is 49.1 Å². The van der Waals surface area contributed by atoms with Crippen molar-refractivity contribution >= 4 is 60.9 Å². The lowest BCUT2D eigenvalue weighted by atomic mass is 9.97. The molecule has 3 N–H and O–H groups in total. The number of ether oxygens (including phenoxy) is 1. The zero-order chi connectivity index (χ0) is 27.2. The minimum absolute atomic E-state index is 0.0628. The van der Waals surface area contributed by atoms with E-state index in [0.29, 0.717) is 29.9 Å². The quantitative estimate of drug-likeness (QED) is 0.288. The molecular weight excluding hydrogens is 526 g/mol. The van der Waals surface area contributed by atoms with Crippen LogP contribution >= 0.6 is 22.7 Å². The molecule has 0 saturated carbocycles. The van der Waals surface area contributed by atoms with Gasteiger partial charge in [-0.1, -0.05) is 23.5 Å². The van der Waals surface area contributed by atoms with E-state index >= 15 is 0 Å². The topological polar surface area (TPSA) is 137 Å². The third-order valence-electron chi connectivity index (χ3n) is 5.94. The molecule has 1 amide bonds. The van der Waals surface area contributed by atoms with Crippen LogP contribution in [0.15, 0.2) is 30.3 Å². The van der Waals surface area contributed by atoms with Gasteiger partial charge in [-0.3, -0.25) is 0 Å². The van der Waals surface area contributed by atoms with Crippen LogP contribution in [0.5, 0.6) is 0 Å². The number of thiazole rings is 2. The zero-order valence-electron chi connectivity index (χ0n) is 21.7. The third kappa shape index (κ3) is 5.41. The van der Waals surface area contributed by atoms with Crippen LogP contribution < -0.4 is 10.2 Å². The van der Waals surface area contributed by atoms with Crippen LogP contribution in [0, 0.1) is 6.92 Å². The van der Waals surface area contributed by atoms with E-state index in [9.17, 15) is 15.0 Å². The smallest absolute Gasteiger partial charge is 0.410 e. The number of aromatic nitrogens is 4. The lowest BCUT2D eigenvalue weighted by molar-refractivity contribution is -0.0468. The number of nitrogens with zero attached hydrogens (tertiary/aromatic N) is 6. The molecule has 4 heterocycles. The second kappa shape index (κ2) is 10.1. The standard InChI is InChI=1S/C25H29N7O4S2/c1-13-10-17(29-30-20(13)28-22-26-15-8-6-7-9-16(15)37-22)31(5)23-27-18(21(33)34)19(38-23)14-11-32(12-14)24(35)36-25(2,3)4/h6-10,14,21,33-34H,11-12H2,1-5H3,(H,26,28,30). The molecule has 0 aliphatic carbocycles. The Morgan fingerprint density at radius 2 is 1.92 bits per heavy atom. The summed E-state index contributed by atoms with van der Waals surface area (Å²) in [5.41, 5.74) is 1.40. The second-order valence-corrected chi connectivity index (χ2v) is 12.1. The molecule has 0 unspecified atom stereocenters. The van der Waals surface area contributed by atoms with Crippen LogP contribution in [0.25, 0.3) is 10.2 Å². The number of carbonyl (C=O) groups excluding carboxylic acids is 1. The van der Waals surface area contributed by atoms with Crippen molar-refractivity contribution in [2.75, 3.05) is 30.4 Å². The number of amides is 1. The number of aryl methyl sites for hydroxylation is 1. The van der Waals surface area contributed by atoms with E-state index in [1.807, 2.05) is 58.0 Å². The molecule has 0 spiro atoms. The molecule has 13 heteroatoms. The highest BCUT2D eigenvalue weighted by Crippen LogP contribution is 2.40. The highest BCUT2D eigenvalue weighted by Gasteiger charge is 2.38. The number of carbonyl (C=O) groups is 1. The van der Waals surface area contributed by atoms with Gasteiger partial charge in [0.2, 0.25) is 0 Å². The van der Waals surface area contributed by atoms with Crippen molar-refractivity contribution in [2.45, 2.75) is 45.5 Å². The fourth-order valence-corrected chi connectivity index (χ4v) is 5.96. The van der Waals surface area contributed by atoms with E-state index in [1.165, 1.54) is 11.3 Å². The molecule has 5 rings (SSSR count). The van der Waals surface area contributed by atoms with Crippen LogP contribution in [-0.4, -0.2) is 67.1 Å². The van der Waals surface area contributed by atoms with Gasteiger partial charge in [0.05, 0.1) is 10.2 Å². The Bertz CT molecular complexity index is 1440. The number of hydrogen-bond donors (Lipinski definition) is 3. The number of aliphatic hydroxyl groups excluding tert-OH is 1. The Kier molecular flexibility index (Phi) is 6.94. The molecule has 0 radical (unpaired) electrons. The molecule has 1 aromatic carbocycles. The number of rotatable bonds is 6. The van der Waals surface area contributed by atoms with Gasteiger partial charge in [0.25, 0.3) is 0 Å². The predicted molar refractivity (Wildman–Crippen MR) is 148 cm³/mol. The molecular formula is C25H29N7O4S2. The maximum atomic E-state index is 12.3. The number of hydrogen-bond acceptors (Lipinski definition) is 12. The first-order valence-electron chi connectivity index (χ1n) is 12.0. The Balaban J connectivity index is 1.31. The highest BCUT2D eigenvalue weighted by atomic mass is 32.1. The summed E-state index contributed by atoms with van der Waals surface area (Å²) in [5, 5.41) is 33.2. The number of likely N-dealkylation sites (tertiary alicyclic amines) is 1. The predicted octanol–water partition coefficient (Wildman–Crippen LogP) is 4.68. The molecule has 0 atom stereocenters. The van der Waals surface area contributed by atoms with E-state index < -0.39 is 11.9 Å². The van der Waals surface area contributed by atoms with Crippen LogP contribution in [0.2, 0.25) is 0 Å².